The number of ether oxygens (including phenoxy) is 1. The second-order valence-electron chi connectivity index (χ2n) is 4.95. The first kappa shape index (κ1) is 17.5. The first-order valence-electron chi connectivity index (χ1n) is 7.17. The average Bonchev–Trinajstić information content (AvgIpc) is 3.10. The van der Waals surface area contributed by atoms with E-state index in [-0.39, 0.29) is 0 Å². The van der Waals surface area contributed by atoms with Crippen LogP contribution in [-0.4, -0.2) is 24.6 Å². The number of rotatable bonds is 5. The van der Waals surface area contributed by atoms with E-state index >= 15 is 0 Å². The van der Waals surface area contributed by atoms with Crippen molar-refractivity contribution in [1.29, 1.82) is 0 Å². The summed E-state index contributed by atoms with van der Waals surface area (Å²) < 4.78 is 12.2. The van der Waals surface area contributed by atoms with Gasteiger partial charge in [-0.05, 0) is 52.7 Å². The number of halogens is 1. The Bertz CT molecular complexity index is 847. The zero-order chi connectivity index (χ0) is 17.1. The minimum atomic E-state index is 0.758. The van der Waals surface area contributed by atoms with Crippen molar-refractivity contribution in [2.75, 3.05) is 19.6 Å². The Labute approximate surface area is 158 Å². The second kappa shape index (κ2) is 7.68. The lowest BCUT2D eigenvalue weighted by atomic mass is 10.1. The van der Waals surface area contributed by atoms with Gasteiger partial charge in [0.1, 0.15) is 11.4 Å². The van der Waals surface area contributed by atoms with Crippen LogP contribution in [0, 0.1) is 0 Å². The molecular formula is C18H16BrNO2S2. The maximum Gasteiger partial charge on any atom is 0.182 e. The SMILES string of the molecule is COc1cc(-c2ncoc2-c2ccc(SC)cc2)cc(Br)c1SC. The van der Waals surface area contributed by atoms with E-state index in [1.165, 1.54) is 11.3 Å². The van der Waals surface area contributed by atoms with Crippen LogP contribution in [0.2, 0.25) is 0 Å². The zero-order valence-corrected chi connectivity index (χ0v) is 16.7. The van der Waals surface area contributed by atoms with Crippen molar-refractivity contribution in [3.63, 3.8) is 0 Å². The van der Waals surface area contributed by atoms with Crippen molar-refractivity contribution < 1.29 is 9.15 Å². The fourth-order valence-corrected chi connectivity index (χ4v) is 4.39. The van der Waals surface area contributed by atoms with E-state index in [2.05, 4.69) is 51.4 Å². The summed E-state index contributed by atoms with van der Waals surface area (Å²) in [5, 5.41) is 0. The second-order valence-corrected chi connectivity index (χ2v) is 7.50. The van der Waals surface area contributed by atoms with Crippen molar-refractivity contribution in [3.8, 4) is 28.3 Å². The molecule has 0 radical (unpaired) electrons. The summed E-state index contributed by atoms with van der Waals surface area (Å²) in [6, 6.07) is 12.3. The lowest BCUT2D eigenvalue weighted by Gasteiger charge is -2.11. The Morgan fingerprint density at radius 3 is 2.42 bits per heavy atom. The van der Waals surface area contributed by atoms with Crippen molar-refractivity contribution in [1.82, 2.24) is 4.98 Å². The molecule has 0 bridgehead atoms. The summed E-state index contributed by atoms with van der Waals surface area (Å²) in [5.74, 6) is 1.58. The fourth-order valence-electron chi connectivity index (χ4n) is 2.45. The monoisotopic (exact) mass is 421 g/mol. The molecule has 1 aromatic heterocycles. The summed E-state index contributed by atoms with van der Waals surface area (Å²) in [6.07, 6.45) is 5.57. The molecule has 3 aromatic rings. The number of oxazole rings is 1. The third-order valence-corrected chi connectivity index (χ3v) is 6.09. The van der Waals surface area contributed by atoms with Crippen molar-refractivity contribution in [2.45, 2.75) is 9.79 Å². The van der Waals surface area contributed by atoms with Crippen molar-refractivity contribution in [3.05, 3.63) is 47.3 Å². The lowest BCUT2D eigenvalue weighted by molar-refractivity contribution is 0.404. The number of methoxy groups -OCH3 is 1. The van der Waals surface area contributed by atoms with E-state index in [1.807, 2.05) is 18.4 Å². The lowest BCUT2D eigenvalue weighted by Crippen LogP contribution is -1.90. The molecule has 0 unspecified atom stereocenters. The zero-order valence-electron chi connectivity index (χ0n) is 13.5. The third-order valence-electron chi connectivity index (χ3n) is 3.63. The van der Waals surface area contributed by atoms with Crippen LogP contribution >= 0.6 is 39.5 Å². The Kier molecular flexibility index (Phi) is 5.58. The smallest absolute Gasteiger partial charge is 0.182 e. The van der Waals surface area contributed by atoms with Gasteiger partial charge in [0.25, 0.3) is 0 Å². The van der Waals surface area contributed by atoms with Crippen LogP contribution in [0.1, 0.15) is 0 Å². The molecule has 6 heteroatoms. The molecule has 0 aliphatic heterocycles. The van der Waals surface area contributed by atoms with Crippen molar-refractivity contribution in [2.24, 2.45) is 0 Å². The van der Waals surface area contributed by atoms with Gasteiger partial charge in [-0.1, -0.05) is 12.1 Å². The summed E-state index contributed by atoms with van der Waals surface area (Å²) in [5.41, 5.74) is 2.76. The number of aromatic nitrogens is 1. The highest BCUT2D eigenvalue weighted by molar-refractivity contribution is 9.10. The van der Waals surface area contributed by atoms with E-state index in [9.17, 15) is 0 Å². The van der Waals surface area contributed by atoms with E-state index < -0.39 is 0 Å². The van der Waals surface area contributed by atoms with Gasteiger partial charge < -0.3 is 9.15 Å². The molecule has 0 saturated carbocycles. The number of thioether (sulfide) groups is 2. The van der Waals surface area contributed by atoms with Crippen LogP contribution in [0.3, 0.4) is 0 Å². The molecule has 24 heavy (non-hydrogen) atoms. The quantitative estimate of drug-likeness (QED) is 0.456. The molecule has 0 aliphatic carbocycles. The van der Waals surface area contributed by atoms with Gasteiger partial charge in [-0.2, -0.15) is 0 Å². The first-order valence-corrected chi connectivity index (χ1v) is 10.4. The Morgan fingerprint density at radius 2 is 1.79 bits per heavy atom. The standard InChI is InChI=1S/C18H16BrNO2S2/c1-21-15-9-12(8-14(19)18(15)24-3)16-17(22-10-20-16)11-4-6-13(23-2)7-5-11/h4-10H,1-3H3. The van der Waals surface area contributed by atoms with Crippen LogP contribution in [0.4, 0.5) is 0 Å². The minimum absolute atomic E-state index is 0.758. The highest BCUT2D eigenvalue weighted by Crippen LogP contribution is 2.41. The predicted octanol–water partition coefficient (Wildman–Crippen LogP) is 6.22. The first-order chi connectivity index (χ1) is 11.7. The molecule has 1 heterocycles. The van der Waals surface area contributed by atoms with Gasteiger partial charge in [0, 0.05) is 20.5 Å². The Balaban J connectivity index is 2.08. The van der Waals surface area contributed by atoms with Gasteiger partial charge >= 0.3 is 0 Å². The van der Waals surface area contributed by atoms with Gasteiger partial charge in [0.15, 0.2) is 12.2 Å². The van der Waals surface area contributed by atoms with Gasteiger partial charge in [-0.3, -0.25) is 0 Å². The molecule has 2 aromatic carbocycles. The normalized spacial score (nSPS) is 10.8. The summed E-state index contributed by atoms with van der Waals surface area (Å²) in [6.45, 7) is 0. The minimum Gasteiger partial charge on any atom is -0.496 e. The highest BCUT2D eigenvalue weighted by atomic mass is 79.9. The molecule has 0 spiro atoms. The third kappa shape index (κ3) is 3.36. The molecule has 124 valence electrons. The predicted molar refractivity (Wildman–Crippen MR) is 105 cm³/mol. The Hall–Kier alpha value is -1.37. The van der Waals surface area contributed by atoms with Crippen LogP contribution < -0.4 is 4.74 Å². The average molecular weight is 422 g/mol. The van der Waals surface area contributed by atoms with Gasteiger partial charge in [-0.25, -0.2) is 4.98 Å². The molecule has 0 atom stereocenters. The molecule has 3 rings (SSSR count). The van der Waals surface area contributed by atoms with Gasteiger partial charge in [0.2, 0.25) is 0 Å². The number of hydrogen-bond acceptors (Lipinski definition) is 5. The van der Waals surface area contributed by atoms with E-state index in [0.29, 0.717) is 0 Å². The van der Waals surface area contributed by atoms with Gasteiger partial charge in [-0.15, -0.1) is 23.5 Å². The number of nitrogens with zero attached hydrogens (tertiary/aromatic N) is 1. The summed E-state index contributed by atoms with van der Waals surface area (Å²) in [4.78, 5) is 6.70. The largest absolute Gasteiger partial charge is 0.496 e. The molecule has 0 aliphatic rings. The van der Waals surface area contributed by atoms with Crippen molar-refractivity contribution >= 4 is 39.5 Å². The van der Waals surface area contributed by atoms with E-state index in [0.717, 1.165) is 37.7 Å². The maximum atomic E-state index is 5.67. The Morgan fingerprint density at radius 1 is 1.04 bits per heavy atom. The summed E-state index contributed by atoms with van der Waals surface area (Å²) in [7, 11) is 1.68. The molecular weight excluding hydrogens is 406 g/mol. The summed E-state index contributed by atoms with van der Waals surface area (Å²) >= 11 is 6.98. The maximum absolute atomic E-state index is 5.67. The fraction of sp³-hybridized carbons (Fsp3) is 0.167. The van der Waals surface area contributed by atoms with Crippen LogP contribution in [-0.2, 0) is 0 Å². The molecule has 0 amide bonds. The van der Waals surface area contributed by atoms with E-state index in [4.69, 9.17) is 9.15 Å². The van der Waals surface area contributed by atoms with Crippen LogP contribution in [0.25, 0.3) is 22.6 Å². The van der Waals surface area contributed by atoms with Gasteiger partial charge in [0.05, 0.1) is 12.0 Å². The molecule has 0 saturated heterocycles. The number of benzene rings is 2. The topological polar surface area (TPSA) is 35.3 Å². The van der Waals surface area contributed by atoms with E-state index in [1.54, 1.807) is 30.6 Å². The highest BCUT2D eigenvalue weighted by Gasteiger charge is 2.17. The van der Waals surface area contributed by atoms with Crippen LogP contribution in [0.5, 0.6) is 5.75 Å². The van der Waals surface area contributed by atoms with Crippen LogP contribution in [0.15, 0.2) is 61.5 Å². The molecule has 0 N–H and O–H groups in total. The number of hydrogen-bond donors (Lipinski definition) is 0. The molecule has 3 nitrogen and oxygen atoms in total. The molecule has 0 fully saturated rings.